The van der Waals surface area contributed by atoms with Crippen LogP contribution in [0.3, 0.4) is 0 Å². The summed E-state index contributed by atoms with van der Waals surface area (Å²) in [6.07, 6.45) is 0.711. The van der Waals surface area contributed by atoms with E-state index in [1.165, 1.54) is 0 Å². The zero-order valence-corrected chi connectivity index (χ0v) is 20.6. The van der Waals surface area contributed by atoms with E-state index >= 15 is 0 Å². The SMILES string of the molecule is CCC(C)(C)OC(=O)c1cc(C)c(OC(=O)c2c3ccccc3[n+](C)c3ccccc23)c(C)c1. The van der Waals surface area contributed by atoms with Crippen molar-refractivity contribution in [1.82, 2.24) is 0 Å². The summed E-state index contributed by atoms with van der Waals surface area (Å²) in [5.41, 5.74) is 3.70. The van der Waals surface area contributed by atoms with Gasteiger partial charge in [0.15, 0.2) is 0 Å². The van der Waals surface area contributed by atoms with E-state index in [0.717, 1.165) is 21.8 Å². The van der Waals surface area contributed by atoms with Gasteiger partial charge in [0, 0.05) is 12.1 Å². The molecule has 0 atom stereocenters. The number of carbonyl (C=O) groups excluding carboxylic acids is 2. The number of carbonyl (C=O) groups is 2. The number of rotatable bonds is 5. The molecule has 0 bridgehead atoms. The molecular weight excluding hydrogens is 426 g/mol. The first-order valence-corrected chi connectivity index (χ1v) is 11.5. The summed E-state index contributed by atoms with van der Waals surface area (Å²) in [6, 6.07) is 19.0. The third-order valence-electron chi connectivity index (χ3n) is 6.38. The van der Waals surface area contributed by atoms with Gasteiger partial charge in [0.25, 0.3) is 0 Å². The van der Waals surface area contributed by atoms with E-state index in [1.54, 1.807) is 12.1 Å². The fraction of sp³-hybridized carbons (Fsp3) is 0.276. The average Bonchev–Trinajstić information content (AvgIpc) is 2.81. The van der Waals surface area contributed by atoms with E-state index in [9.17, 15) is 9.59 Å². The number of hydrogen-bond acceptors (Lipinski definition) is 4. The van der Waals surface area contributed by atoms with Crippen molar-refractivity contribution in [3.05, 3.63) is 82.9 Å². The van der Waals surface area contributed by atoms with Crippen LogP contribution in [-0.4, -0.2) is 17.5 Å². The molecule has 4 rings (SSSR count). The number of nitrogens with zero attached hydrogens (tertiary/aromatic N) is 1. The highest BCUT2D eigenvalue weighted by atomic mass is 16.6. The van der Waals surface area contributed by atoms with Crippen LogP contribution in [0.25, 0.3) is 21.8 Å². The Morgan fingerprint density at radius 2 is 1.35 bits per heavy atom. The molecule has 0 aliphatic heterocycles. The van der Waals surface area contributed by atoms with E-state index in [1.807, 2.05) is 90.2 Å². The quantitative estimate of drug-likeness (QED) is 0.160. The molecule has 0 fully saturated rings. The van der Waals surface area contributed by atoms with Crippen molar-refractivity contribution in [2.45, 2.75) is 46.6 Å². The van der Waals surface area contributed by atoms with Gasteiger partial charge in [0.05, 0.1) is 21.9 Å². The maximum Gasteiger partial charge on any atom is 0.345 e. The largest absolute Gasteiger partial charge is 0.456 e. The Bertz CT molecular complexity index is 1360. The van der Waals surface area contributed by atoms with Crippen molar-refractivity contribution < 1.29 is 23.6 Å². The molecule has 4 aromatic rings. The molecule has 0 radical (unpaired) electrons. The molecule has 0 aliphatic carbocycles. The first-order chi connectivity index (χ1) is 16.1. The van der Waals surface area contributed by atoms with Crippen LogP contribution in [-0.2, 0) is 11.8 Å². The van der Waals surface area contributed by atoms with Gasteiger partial charge in [0.2, 0.25) is 11.0 Å². The zero-order chi connectivity index (χ0) is 24.6. The van der Waals surface area contributed by atoms with E-state index in [2.05, 4.69) is 4.57 Å². The van der Waals surface area contributed by atoms with Gasteiger partial charge in [-0.1, -0.05) is 31.2 Å². The van der Waals surface area contributed by atoms with Gasteiger partial charge in [-0.15, -0.1) is 0 Å². The van der Waals surface area contributed by atoms with Gasteiger partial charge in [-0.3, -0.25) is 0 Å². The third kappa shape index (κ3) is 4.26. The highest BCUT2D eigenvalue weighted by molar-refractivity contribution is 6.13. The molecule has 34 heavy (non-hydrogen) atoms. The van der Waals surface area contributed by atoms with Crippen molar-refractivity contribution in [2.24, 2.45) is 7.05 Å². The van der Waals surface area contributed by atoms with Crippen LogP contribution < -0.4 is 9.30 Å². The van der Waals surface area contributed by atoms with Crippen LogP contribution in [0.5, 0.6) is 5.75 Å². The first kappa shape index (κ1) is 23.4. The van der Waals surface area contributed by atoms with E-state index in [0.29, 0.717) is 34.4 Å². The summed E-state index contributed by atoms with van der Waals surface area (Å²) in [5.74, 6) is -0.359. The minimum atomic E-state index is -0.546. The van der Waals surface area contributed by atoms with Crippen molar-refractivity contribution in [3.63, 3.8) is 0 Å². The van der Waals surface area contributed by atoms with Crippen molar-refractivity contribution in [1.29, 1.82) is 0 Å². The number of pyridine rings is 1. The molecule has 0 saturated heterocycles. The van der Waals surface area contributed by atoms with Gasteiger partial charge in [-0.2, -0.15) is 4.57 Å². The number of esters is 2. The minimum Gasteiger partial charge on any atom is -0.456 e. The fourth-order valence-corrected chi connectivity index (χ4v) is 4.20. The smallest absolute Gasteiger partial charge is 0.345 e. The standard InChI is InChI=1S/C29H30NO4/c1-7-29(4,5)34-27(31)20-16-18(2)26(19(3)17-20)33-28(32)25-21-12-8-10-14-23(21)30(6)24-15-11-9-13-22(24)25/h8-17H,7H2,1-6H3/q+1. The lowest BCUT2D eigenvalue weighted by molar-refractivity contribution is -0.617. The molecule has 0 N–H and O–H groups in total. The highest BCUT2D eigenvalue weighted by Crippen LogP contribution is 2.30. The maximum absolute atomic E-state index is 13.6. The monoisotopic (exact) mass is 456 g/mol. The molecule has 0 aliphatic rings. The Hall–Kier alpha value is -3.73. The molecule has 5 heteroatoms. The second kappa shape index (κ2) is 8.90. The summed E-state index contributed by atoms with van der Waals surface area (Å²) < 4.78 is 13.7. The van der Waals surface area contributed by atoms with Crippen LogP contribution >= 0.6 is 0 Å². The molecule has 1 aromatic heterocycles. The molecule has 0 amide bonds. The predicted molar refractivity (Wildman–Crippen MR) is 133 cm³/mol. The van der Waals surface area contributed by atoms with Gasteiger partial charge in [-0.05, 0) is 69.5 Å². The highest BCUT2D eigenvalue weighted by Gasteiger charge is 2.26. The first-order valence-electron chi connectivity index (χ1n) is 11.5. The second-order valence-corrected chi connectivity index (χ2v) is 9.30. The summed E-state index contributed by atoms with van der Waals surface area (Å²) in [5, 5.41) is 1.65. The van der Waals surface area contributed by atoms with Crippen LogP contribution in [0.15, 0.2) is 60.7 Å². The van der Waals surface area contributed by atoms with E-state index in [-0.39, 0.29) is 5.97 Å². The Balaban J connectivity index is 1.75. The van der Waals surface area contributed by atoms with E-state index in [4.69, 9.17) is 9.47 Å². The molecule has 1 heterocycles. The summed E-state index contributed by atoms with van der Waals surface area (Å²) >= 11 is 0. The lowest BCUT2D eigenvalue weighted by Crippen LogP contribution is -2.31. The van der Waals surface area contributed by atoms with Crippen LogP contribution in [0.2, 0.25) is 0 Å². The number of fused-ring (bicyclic) bond motifs is 2. The number of hydrogen-bond donors (Lipinski definition) is 0. The topological polar surface area (TPSA) is 56.5 Å². The molecule has 3 aromatic carbocycles. The van der Waals surface area contributed by atoms with Crippen molar-refractivity contribution in [3.8, 4) is 5.75 Å². The van der Waals surface area contributed by atoms with Crippen molar-refractivity contribution >= 4 is 33.7 Å². The molecule has 5 nitrogen and oxygen atoms in total. The third-order valence-corrected chi connectivity index (χ3v) is 6.38. The van der Waals surface area contributed by atoms with Gasteiger partial charge in [-0.25, -0.2) is 9.59 Å². The lowest BCUT2D eigenvalue weighted by atomic mass is 10.0. The number of aryl methyl sites for hydroxylation is 3. The van der Waals surface area contributed by atoms with Gasteiger partial charge < -0.3 is 9.47 Å². The van der Waals surface area contributed by atoms with Gasteiger partial charge >= 0.3 is 11.9 Å². The summed E-state index contributed by atoms with van der Waals surface area (Å²) in [6.45, 7) is 9.41. The van der Waals surface area contributed by atoms with Crippen LogP contribution in [0.4, 0.5) is 0 Å². The zero-order valence-electron chi connectivity index (χ0n) is 20.6. The number of ether oxygens (including phenoxy) is 2. The van der Waals surface area contributed by atoms with Gasteiger partial charge in [0.1, 0.15) is 18.4 Å². The van der Waals surface area contributed by atoms with Crippen LogP contribution in [0, 0.1) is 13.8 Å². The van der Waals surface area contributed by atoms with E-state index < -0.39 is 11.6 Å². The second-order valence-electron chi connectivity index (χ2n) is 9.30. The molecular formula is C29H30NO4+. The minimum absolute atomic E-state index is 0.386. The number of benzene rings is 3. The number of aromatic nitrogens is 1. The Morgan fingerprint density at radius 3 is 1.85 bits per heavy atom. The fourth-order valence-electron chi connectivity index (χ4n) is 4.20. The summed E-state index contributed by atoms with van der Waals surface area (Å²) in [7, 11) is 1.99. The Morgan fingerprint density at radius 1 is 0.853 bits per heavy atom. The summed E-state index contributed by atoms with van der Waals surface area (Å²) in [4.78, 5) is 26.3. The average molecular weight is 457 g/mol. The predicted octanol–water partition coefficient (Wildman–Crippen LogP) is 6.00. The molecule has 0 saturated carbocycles. The molecule has 174 valence electrons. The lowest BCUT2D eigenvalue weighted by Gasteiger charge is -2.23. The van der Waals surface area contributed by atoms with Crippen molar-refractivity contribution in [2.75, 3.05) is 0 Å². The van der Waals surface area contributed by atoms with Crippen LogP contribution in [0.1, 0.15) is 59.0 Å². The molecule has 0 spiro atoms. The molecule has 0 unspecified atom stereocenters. The normalized spacial score (nSPS) is 11.6. The maximum atomic E-state index is 13.6. The Kier molecular flexibility index (Phi) is 6.13. The Labute approximate surface area is 199 Å². The number of para-hydroxylation sites is 2.